The number of aliphatic hydroxyl groups excluding tert-OH is 1. The van der Waals surface area contributed by atoms with Crippen molar-refractivity contribution in [1.29, 1.82) is 0 Å². The smallest absolute Gasteiger partial charge is 0.221 e. The summed E-state index contributed by atoms with van der Waals surface area (Å²) in [5, 5.41) is 15.1. The Balaban J connectivity index is 2.46. The van der Waals surface area contributed by atoms with Crippen molar-refractivity contribution in [1.82, 2.24) is 5.32 Å². The van der Waals surface area contributed by atoms with E-state index in [9.17, 15) is 4.79 Å². The third-order valence-corrected chi connectivity index (χ3v) is 3.04. The van der Waals surface area contributed by atoms with Gasteiger partial charge in [-0.2, -0.15) is 0 Å². The third-order valence-electron chi connectivity index (χ3n) is 3.04. The fraction of sp³-hybridized carbons (Fsp3) is 0.500. The Hall–Kier alpha value is -1.39. The van der Waals surface area contributed by atoms with Crippen LogP contribution in [-0.2, 0) is 11.3 Å². The van der Waals surface area contributed by atoms with E-state index in [4.69, 9.17) is 5.11 Å². The van der Waals surface area contributed by atoms with Crippen LogP contribution in [0.1, 0.15) is 26.3 Å². The molecule has 4 heteroatoms. The molecule has 0 aliphatic carbocycles. The monoisotopic (exact) mass is 250 g/mol. The molecule has 1 aromatic carbocycles. The minimum absolute atomic E-state index is 0.0636. The van der Waals surface area contributed by atoms with E-state index < -0.39 is 0 Å². The molecule has 0 bridgehead atoms. The highest BCUT2D eigenvalue weighted by atomic mass is 16.3. The predicted molar refractivity (Wildman–Crippen MR) is 73.3 cm³/mol. The number of amides is 1. The van der Waals surface area contributed by atoms with Crippen molar-refractivity contribution in [2.45, 2.75) is 33.4 Å². The minimum Gasteiger partial charge on any atom is -0.396 e. The first kappa shape index (κ1) is 14.7. The van der Waals surface area contributed by atoms with Crippen molar-refractivity contribution < 1.29 is 9.90 Å². The van der Waals surface area contributed by atoms with E-state index in [1.807, 2.05) is 31.2 Å². The number of benzene rings is 1. The van der Waals surface area contributed by atoms with Crippen LogP contribution in [0, 0.1) is 5.92 Å². The summed E-state index contributed by atoms with van der Waals surface area (Å²) >= 11 is 0. The summed E-state index contributed by atoms with van der Waals surface area (Å²) < 4.78 is 0. The Kier molecular flexibility index (Phi) is 5.82. The van der Waals surface area contributed by atoms with E-state index >= 15 is 0 Å². The van der Waals surface area contributed by atoms with E-state index in [-0.39, 0.29) is 24.5 Å². The van der Waals surface area contributed by atoms with E-state index in [0.717, 1.165) is 17.8 Å². The molecular weight excluding hydrogens is 228 g/mol. The molecule has 0 saturated heterocycles. The van der Waals surface area contributed by atoms with Crippen LogP contribution in [0.5, 0.6) is 0 Å². The zero-order valence-electron chi connectivity index (χ0n) is 11.2. The van der Waals surface area contributed by atoms with E-state index in [1.165, 1.54) is 6.92 Å². The molecule has 4 nitrogen and oxygen atoms in total. The summed E-state index contributed by atoms with van der Waals surface area (Å²) in [6.45, 7) is 6.51. The number of hydrogen-bond donors (Lipinski definition) is 3. The van der Waals surface area contributed by atoms with Gasteiger partial charge in [-0.15, -0.1) is 0 Å². The number of carbonyl (C=O) groups excluding carboxylic acids is 1. The summed E-state index contributed by atoms with van der Waals surface area (Å²) in [6.07, 6.45) is 0. The average molecular weight is 250 g/mol. The predicted octanol–water partition coefficient (Wildman–Crippen LogP) is 1.75. The number of nitrogens with one attached hydrogen (secondary N) is 2. The second-order valence-electron chi connectivity index (χ2n) is 4.71. The normalized spacial score (nSPS) is 14.0. The van der Waals surface area contributed by atoms with Gasteiger partial charge in [0.2, 0.25) is 5.91 Å². The Morgan fingerprint density at radius 1 is 1.28 bits per heavy atom. The first-order chi connectivity index (χ1) is 8.52. The van der Waals surface area contributed by atoms with Crippen molar-refractivity contribution in [3.8, 4) is 0 Å². The molecule has 3 N–H and O–H groups in total. The Morgan fingerprint density at radius 3 is 2.39 bits per heavy atom. The zero-order valence-corrected chi connectivity index (χ0v) is 11.2. The molecule has 0 saturated carbocycles. The van der Waals surface area contributed by atoms with Crippen molar-refractivity contribution in [3.63, 3.8) is 0 Å². The molecule has 0 heterocycles. The first-order valence-electron chi connectivity index (χ1n) is 6.23. The minimum atomic E-state index is -0.0636. The lowest BCUT2D eigenvalue weighted by molar-refractivity contribution is -0.114. The van der Waals surface area contributed by atoms with Crippen LogP contribution < -0.4 is 10.6 Å². The molecule has 1 amide bonds. The Bertz CT molecular complexity index is 376. The summed E-state index contributed by atoms with van der Waals surface area (Å²) in [4.78, 5) is 10.9. The van der Waals surface area contributed by atoms with Crippen LogP contribution in [0.3, 0.4) is 0 Å². The molecule has 18 heavy (non-hydrogen) atoms. The number of anilines is 1. The molecule has 2 unspecified atom stereocenters. The second-order valence-corrected chi connectivity index (χ2v) is 4.71. The van der Waals surface area contributed by atoms with E-state index in [0.29, 0.717) is 0 Å². The summed E-state index contributed by atoms with van der Waals surface area (Å²) in [5.41, 5.74) is 1.96. The quantitative estimate of drug-likeness (QED) is 0.721. The SMILES string of the molecule is CC(=O)Nc1ccc(CNC(C)C(C)CO)cc1. The van der Waals surface area contributed by atoms with Gasteiger partial charge in [0.15, 0.2) is 0 Å². The molecule has 2 atom stereocenters. The van der Waals surface area contributed by atoms with Gasteiger partial charge in [-0.1, -0.05) is 19.1 Å². The average Bonchev–Trinajstić information content (AvgIpc) is 2.36. The van der Waals surface area contributed by atoms with Gasteiger partial charge in [0, 0.05) is 31.8 Å². The highest BCUT2D eigenvalue weighted by Gasteiger charge is 2.09. The Morgan fingerprint density at radius 2 is 1.89 bits per heavy atom. The van der Waals surface area contributed by atoms with Crippen LogP contribution in [-0.4, -0.2) is 23.7 Å². The third kappa shape index (κ3) is 4.85. The van der Waals surface area contributed by atoms with Gasteiger partial charge in [0.05, 0.1) is 0 Å². The van der Waals surface area contributed by atoms with Crippen molar-refractivity contribution in [2.24, 2.45) is 5.92 Å². The summed E-state index contributed by atoms with van der Waals surface area (Å²) in [5.74, 6) is 0.176. The Labute approximate surface area is 108 Å². The molecule has 0 spiro atoms. The summed E-state index contributed by atoms with van der Waals surface area (Å²) in [7, 11) is 0. The van der Waals surface area contributed by atoms with Gasteiger partial charge in [0.1, 0.15) is 0 Å². The number of hydrogen-bond acceptors (Lipinski definition) is 3. The lowest BCUT2D eigenvalue weighted by Gasteiger charge is -2.19. The molecule has 100 valence electrons. The first-order valence-corrected chi connectivity index (χ1v) is 6.23. The maximum atomic E-state index is 10.9. The molecule has 0 aliphatic rings. The molecule has 0 aromatic heterocycles. The lowest BCUT2D eigenvalue weighted by atomic mass is 10.0. The van der Waals surface area contributed by atoms with Crippen LogP contribution in [0.25, 0.3) is 0 Å². The van der Waals surface area contributed by atoms with Gasteiger partial charge in [0.25, 0.3) is 0 Å². The van der Waals surface area contributed by atoms with Gasteiger partial charge >= 0.3 is 0 Å². The molecule has 0 fully saturated rings. The standard InChI is InChI=1S/C14H22N2O2/c1-10(9-17)11(2)15-8-13-4-6-14(7-5-13)16-12(3)18/h4-7,10-11,15,17H,8-9H2,1-3H3,(H,16,18). The van der Waals surface area contributed by atoms with Crippen LogP contribution in [0.2, 0.25) is 0 Å². The van der Waals surface area contributed by atoms with Gasteiger partial charge in [-0.05, 0) is 30.5 Å². The van der Waals surface area contributed by atoms with E-state index in [2.05, 4.69) is 17.6 Å². The molecular formula is C14H22N2O2. The lowest BCUT2D eigenvalue weighted by Crippen LogP contribution is -2.33. The number of carbonyl (C=O) groups is 1. The van der Waals surface area contributed by atoms with E-state index in [1.54, 1.807) is 0 Å². The zero-order chi connectivity index (χ0) is 13.5. The van der Waals surface area contributed by atoms with Gasteiger partial charge in [-0.3, -0.25) is 4.79 Å². The molecule has 0 aliphatic heterocycles. The molecule has 1 aromatic rings. The maximum Gasteiger partial charge on any atom is 0.221 e. The fourth-order valence-electron chi connectivity index (χ4n) is 1.55. The fourth-order valence-corrected chi connectivity index (χ4v) is 1.55. The molecule has 1 rings (SSSR count). The van der Waals surface area contributed by atoms with Gasteiger partial charge < -0.3 is 15.7 Å². The highest BCUT2D eigenvalue weighted by molar-refractivity contribution is 5.88. The van der Waals surface area contributed by atoms with Crippen molar-refractivity contribution in [2.75, 3.05) is 11.9 Å². The molecule has 0 radical (unpaired) electrons. The largest absolute Gasteiger partial charge is 0.396 e. The van der Waals surface area contributed by atoms with Crippen LogP contribution in [0.15, 0.2) is 24.3 Å². The maximum absolute atomic E-state index is 10.9. The topological polar surface area (TPSA) is 61.4 Å². The van der Waals surface area contributed by atoms with Crippen LogP contribution in [0.4, 0.5) is 5.69 Å². The van der Waals surface area contributed by atoms with Gasteiger partial charge in [-0.25, -0.2) is 0 Å². The summed E-state index contributed by atoms with van der Waals surface area (Å²) in [6, 6.07) is 8.00. The van der Waals surface area contributed by atoms with Crippen LogP contribution >= 0.6 is 0 Å². The second kappa shape index (κ2) is 7.13. The number of rotatable bonds is 6. The van der Waals surface area contributed by atoms with Crippen molar-refractivity contribution in [3.05, 3.63) is 29.8 Å². The van der Waals surface area contributed by atoms with Crippen molar-refractivity contribution >= 4 is 11.6 Å². The highest BCUT2D eigenvalue weighted by Crippen LogP contribution is 2.10. The number of aliphatic hydroxyl groups is 1.